The van der Waals surface area contributed by atoms with Crippen molar-refractivity contribution in [1.82, 2.24) is 24.6 Å². The van der Waals surface area contributed by atoms with Gasteiger partial charge in [0.25, 0.3) is 5.91 Å². The van der Waals surface area contributed by atoms with Gasteiger partial charge in [0.1, 0.15) is 0 Å². The molecule has 8 heteroatoms. The number of β-amino-alcohol motifs (C(OH)–C–C–N with tert-alkyl or cyclic N) is 1. The molecular weight excluding hydrogens is 298 g/mol. The van der Waals surface area contributed by atoms with E-state index in [9.17, 15) is 9.90 Å². The van der Waals surface area contributed by atoms with Crippen LogP contribution >= 0.6 is 0 Å². The zero-order chi connectivity index (χ0) is 16.0. The standard InChI is InChI=1S/C15H19N5O3/c1-18-8-10(21)7-11(18)14-17-16-13-9-19(4-5-20(13)14)15(22)12-3-2-6-23-12/h2-3,6,10-11,21H,4-5,7-9H2,1H3/t10-,11+/m1/s1. The minimum absolute atomic E-state index is 0.0820. The predicted molar refractivity (Wildman–Crippen MR) is 79.5 cm³/mol. The molecule has 23 heavy (non-hydrogen) atoms. The Morgan fingerprint density at radius 3 is 2.96 bits per heavy atom. The number of likely N-dealkylation sites (tertiary alicyclic amines) is 1. The van der Waals surface area contributed by atoms with Gasteiger partial charge in [0.2, 0.25) is 0 Å². The van der Waals surface area contributed by atoms with Crippen molar-refractivity contribution in [2.75, 3.05) is 20.1 Å². The third kappa shape index (κ3) is 2.43. The van der Waals surface area contributed by atoms with Gasteiger partial charge >= 0.3 is 0 Å². The molecule has 2 atom stereocenters. The summed E-state index contributed by atoms with van der Waals surface area (Å²) < 4.78 is 7.25. The number of carbonyl (C=O) groups excluding carboxylic acids is 1. The molecule has 8 nitrogen and oxygen atoms in total. The Balaban J connectivity index is 1.55. The fraction of sp³-hybridized carbons (Fsp3) is 0.533. The van der Waals surface area contributed by atoms with Gasteiger partial charge in [-0.15, -0.1) is 10.2 Å². The van der Waals surface area contributed by atoms with Crippen LogP contribution in [-0.4, -0.2) is 61.8 Å². The lowest BCUT2D eigenvalue weighted by Gasteiger charge is -2.28. The molecule has 122 valence electrons. The van der Waals surface area contributed by atoms with Crippen LogP contribution < -0.4 is 0 Å². The molecule has 0 saturated carbocycles. The van der Waals surface area contributed by atoms with E-state index in [-0.39, 0.29) is 18.1 Å². The van der Waals surface area contributed by atoms with Crippen LogP contribution in [-0.2, 0) is 13.1 Å². The maximum absolute atomic E-state index is 12.4. The molecule has 1 fully saturated rings. The number of amides is 1. The van der Waals surface area contributed by atoms with Gasteiger partial charge in [-0.1, -0.05) is 0 Å². The number of hydrogen-bond donors (Lipinski definition) is 1. The first-order chi connectivity index (χ1) is 11.1. The van der Waals surface area contributed by atoms with E-state index in [1.807, 2.05) is 7.05 Å². The molecule has 2 aromatic heterocycles. The normalized spacial score (nSPS) is 24.9. The number of aliphatic hydroxyl groups is 1. The Labute approximate surface area is 133 Å². The minimum atomic E-state index is -0.321. The number of aromatic nitrogens is 3. The van der Waals surface area contributed by atoms with Crippen molar-refractivity contribution in [2.24, 2.45) is 0 Å². The first kappa shape index (κ1) is 14.4. The van der Waals surface area contributed by atoms with Gasteiger partial charge in [0, 0.05) is 19.6 Å². The molecule has 1 amide bonds. The third-order valence-electron chi connectivity index (χ3n) is 4.63. The number of nitrogens with zero attached hydrogens (tertiary/aromatic N) is 5. The van der Waals surface area contributed by atoms with Crippen molar-refractivity contribution in [2.45, 2.75) is 31.7 Å². The lowest BCUT2D eigenvalue weighted by atomic mass is 10.2. The summed E-state index contributed by atoms with van der Waals surface area (Å²) in [6.07, 6.45) is 1.85. The molecule has 0 radical (unpaired) electrons. The maximum Gasteiger partial charge on any atom is 0.290 e. The van der Waals surface area contributed by atoms with Crippen LogP contribution in [0.4, 0.5) is 0 Å². The molecule has 0 bridgehead atoms. The average molecular weight is 317 g/mol. The molecule has 2 aliphatic heterocycles. The van der Waals surface area contributed by atoms with Crippen LogP contribution in [0.5, 0.6) is 0 Å². The molecule has 1 N–H and O–H groups in total. The fourth-order valence-corrected chi connectivity index (χ4v) is 3.43. The van der Waals surface area contributed by atoms with Crippen molar-refractivity contribution in [1.29, 1.82) is 0 Å². The van der Waals surface area contributed by atoms with Gasteiger partial charge in [-0.3, -0.25) is 9.69 Å². The molecule has 0 spiro atoms. The van der Waals surface area contributed by atoms with E-state index in [0.29, 0.717) is 38.4 Å². The van der Waals surface area contributed by atoms with Gasteiger partial charge in [-0.25, -0.2) is 0 Å². The second kappa shape index (κ2) is 5.47. The number of furan rings is 1. The highest BCUT2D eigenvalue weighted by Gasteiger charge is 2.35. The van der Waals surface area contributed by atoms with Crippen LogP contribution in [0.25, 0.3) is 0 Å². The van der Waals surface area contributed by atoms with Crippen LogP contribution in [0.2, 0.25) is 0 Å². The minimum Gasteiger partial charge on any atom is -0.459 e. The molecule has 0 unspecified atom stereocenters. The highest BCUT2D eigenvalue weighted by atomic mass is 16.3. The Bertz CT molecular complexity index is 711. The quantitative estimate of drug-likeness (QED) is 0.855. The van der Waals surface area contributed by atoms with Crippen molar-refractivity contribution < 1.29 is 14.3 Å². The van der Waals surface area contributed by atoms with Gasteiger partial charge in [-0.05, 0) is 25.6 Å². The van der Waals surface area contributed by atoms with Crippen molar-refractivity contribution in [3.63, 3.8) is 0 Å². The SMILES string of the molecule is CN1C[C@H](O)C[C@H]1c1nnc2n1CCN(C(=O)c1ccco1)C2. The summed E-state index contributed by atoms with van der Waals surface area (Å²) >= 11 is 0. The number of hydrogen-bond acceptors (Lipinski definition) is 6. The number of likely N-dealkylation sites (N-methyl/N-ethyl adjacent to an activating group) is 1. The molecule has 4 heterocycles. The topological polar surface area (TPSA) is 87.6 Å². The summed E-state index contributed by atoms with van der Waals surface area (Å²) in [5, 5.41) is 18.4. The summed E-state index contributed by atoms with van der Waals surface area (Å²) in [5.41, 5.74) is 0. The summed E-state index contributed by atoms with van der Waals surface area (Å²) in [4.78, 5) is 16.2. The molecule has 0 aromatic carbocycles. The molecule has 2 aromatic rings. The van der Waals surface area contributed by atoms with Gasteiger partial charge < -0.3 is 19.0 Å². The second-order valence-electron chi connectivity index (χ2n) is 6.17. The van der Waals surface area contributed by atoms with Crippen LogP contribution in [0, 0.1) is 0 Å². The van der Waals surface area contributed by atoms with E-state index in [4.69, 9.17) is 4.42 Å². The number of rotatable bonds is 2. The summed E-state index contributed by atoms with van der Waals surface area (Å²) in [6, 6.07) is 3.46. The van der Waals surface area contributed by atoms with Crippen LogP contribution in [0.15, 0.2) is 22.8 Å². The summed E-state index contributed by atoms with van der Waals surface area (Å²) in [5.74, 6) is 1.88. The Kier molecular flexibility index (Phi) is 3.42. The number of carbonyl (C=O) groups is 1. The average Bonchev–Trinajstić information content (AvgIpc) is 3.25. The largest absolute Gasteiger partial charge is 0.459 e. The predicted octanol–water partition coefficient (Wildman–Crippen LogP) is 0.265. The van der Waals surface area contributed by atoms with Crippen LogP contribution in [0.3, 0.4) is 0 Å². The molecule has 0 aliphatic carbocycles. The van der Waals surface area contributed by atoms with Gasteiger partial charge in [0.15, 0.2) is 17.4 Å². The van der Waals surface area contributed by atoms with Gasteiger partial charge in [-0.2, -0.15) is 0 Å². The zero-order valence-electron chi connectivity index (χ0n) is 12.9. The third-order valence-corrected chi connectivity index (χ3v) is 4.63. The fourth-order valence-electron chi connectivity index (χ4n) is 3.43. The van der Waals surface area contributed by atoms with E-state index in [1.165, 1.54) is 6.26 Å². The lowest BCUT2D eigenvalue weighted by Crippen LogP contribution is -2.39. The van der Waals surface area contributed by atoms with E-state index < -0.39 is 0 Å². The molecule has 4 rings (SSSR count). The maximum atomic E-state index is 12.4. The van der Waals surface area contributed by atoms with Crippen LogP contribution in [0.1, 0.15) is 34.7 Å². The van der Waals surface area contributed by atoms with Crippen molar-refractivity contribution in [3.8, 4) is 0 Å². The lowest BCUT2D eigenvalue weighted by molar-refractivity contribution is 0.0672. The number of aliphatic hydroxyl groups excluding tert-OH is 1. The van der Waals surface area contributed by atoms with Crippen molar-refractivity contribution >= 4 is 5.91 Å². The smallest absolute Gasteiger partial charge is 0.290 e. The highest BCUT2D eigenvalue weighted by Crippen LogP contribution is 2.30. The molecular formula is C15H19N5O3. The van der Waals surface area contributed by atoms with E-state index in [1.54, 1.807) is 17.0 Å². The van der Waals surface area contributed by atoms with E-state index in [0.717, 1.165) is 11.6 Å². The monoisotopic (exact) mass is 317 g/mol. The Hall–Kier alpha value is -2.19. The summed E-state index contributed by atoms with van der Waals surface area (Å²) in [6.45, 7) is 2.32. The van der Waals surface area contributed by atoms with Crippen molar-refractivity contribution in [3.05, 3.63) is 35.8 Å². The highest BCUT2D eigenvalue weighted by molar-refractivity contribution is 5.91. The van der Waals surface area contributed by atoms with E-state index >= 15 is 0 Å². The Morgan fingerprint density at radius 2 is 2.26 bits per heavy atom. The first-order valence-corrected chi connectivity index (χ1v) is 7.76. The summed E-state index contributed by atoms with van der Waals surface area (Å²) in [7, 11) is 1.98. The molecule has 1 saturated heterocycles. The second-order valence-corrected chi connectivity index (χ2v) is 6.17. The molecule has 2 aliphatic rings. The first-order valence-electron chi connectivity index (χ1n) is 7.76. The van der Waals surface area contributed by atoms with E-state index in [2.05, 4.69) is 19.7 Å². The number of fused-ring (bicyclic) bond motifs is 1. The Morgan fingerprint density at radius 1 is 1.39 bits per heavy atom. The zero-order valence-corrected chi connectivity index (χ0v) is 12.9. The van der Waals surface area contributed by atoms with Gasteiger partial charge in [0.05, 0.1) is 25.0 Å².